The maximum atomic E-state index is 12.4. The highest BCUT2D eigenvalue weighted by atomic mass is 35.5. The highest BCUT2D eigenvalue weighted by Crippen LogP contribution is 2.30. The summed E-state index contributed by atoms with van der Waals surface area (Å²) < 4.78 is 5.34. The number of rotatable bonds is 5. The summed E-state index contributed by atoms with van der Waals surface area (Å²) in [5, 5.41) is 9.51. The topological polar surface area (TPSA) is 89.6 Å². The van der Waals surface area contributed by atoms with Gasteiger partial charge in [-0.05, 0) is 38.5 Å². The Morgan fingerprint density at radius 1 is 1.27 bits per heavy atom. The summed E-state index contributed by atoms with van der Waals surface area (Å²) in [6.07, 6.45) is -0.371. The van der Waals surface area contributed by atoms with E-state index in [-0.39, 0.29) is 11.4 Å². The first-order valence-corrected chi connectivity index (χ1v) is 7.42. The van der Waals surface area contributed by atoms with Crippen molar-refractivity contribution in [3.05, 3.63) is 33.8 Å². The van der Waals surface area contributed by atoms with E-state index in [1.165, 1.54) is 12.1 Å². The predicted octanol–water partition coefficient (Wildman–Crippen LogP) is 3.22. The molecule has 0 spiro atoms. The lowest BCUT2D eigenvalue weighted by atomic mass is 9.90. The van der Waals surface area contributed by atoms with Gasteiger partial charge in [-0.25, -0.2) is 0 Å². The molecule has 0 saturated heterocycles. The Morgan fingerprint density at radius 2 is 1.86 bits per heavy atom. The van der Waals surface area contributed by atoms with Gasteiger partial charge in [0.05, 0.1) is 22.4 Å². The molecule has 0 fully saturated rings. The van der Waals surface area contributed by atoms with Gasteiger partial charge in [-0.3, -0.25) is 9.59 Å². The molecule has 3 N–H and O–H groups in total. The number of aliphatic carboxylic acids is 1. The summed E-state index contributed by atoms with van der Waals surface area (Å²) in [5.74, 6) is -2.63. The Hall–Kier alpha value is -1.30. The second-order valence-corrected chi connectivity index (χ2v) is 6.76. The van der Waals surface area contributed by atoms with E-state index in [4.69, 9.17) is 38.8 Å². The van der Waals surface area contributed by atoms with Gasteiger partial charge in [0.2, 0.25) is 0 Å². The van der Waals surface area contributed by atoms with Crippen LogP contribution in [0.15, 0.2) is 18.2 Å². The smallest absolute Gasteiger partial charge is 0.315 e. The molecule has 0 aliphatic rings. The Bertz CT molecular complexity index is 569. The average molecular weight is 348 g/mol. The third-order valence-electron chi connectivity index (χ3n) is 2.80. The van der Waals surface area contributed by atoms with E-state index in [1.54, 1.807) is 26.8 Å². The summed E-state index contributed by atoms with van der Waals surface area (Å²) >= 11 is 11.8. The summed E-state index contributed by atoms with van der Waals surface area (Å²) in [6.45, 7) is 5.17. The fourth-order valence-corrected chi connectivity index (χ4v) is 2.26. The maximum Gasteiger partial charge on any atom is 0.315 e. The molecular weight excluding hydrogens is 329 g/mol. The Morgan fingerprint density at radius 3 is 2.32 bits per heavy atom. The quantitative estimate of drug-likeness (QED) is 0.798. The Kier molecular flexibility index (Phi) is 6.23. The first-order valence-electron chi connectivity index (χ1n) is 6.66. The van der Waals surface area contributed by atoms with E-state index in [2.05, 4.69) is 0 Å². The number of nitrogens with two attached hydrogens (primary N) is 1. The number of halogens is 2. The molecule has 0 saturated carbocycles. The normalized spacial score (nSPS) is 14.3. The van der Waals surface area contributed by atoms with E-state index in [0.29, 0.717) is 10.6 Å². The number of carboxylic acids is 1. The molecule has 22 heavy (non-hydrogen) atoms. The van der Waals surface area contributed by atoms with E-state index < -0.39 is 29.5 Å². The summed E-state index contributed by atoms with van der Waals surface area (Å²) in [4.78, 5) is 23.3. The van der Waals surface area contributed by atoms with Crippen LogP contribution in [0.25, 0.3) is 0 Å². The molecule has 122 valence electrons. The molecule has 0 aromatic heterocycles. The largest absolute Gasteiger partial charge is 0.481 e. The van der Waals surface area contributed by atoms with Crippen LogP contribution in [0.3, 0.4) is 0 Å². The lowest BCUT2D eigenvalue weighted by Gasteiger charge is -2.27. The SMILES string of the molecule is CC(C)(C)OC(=O)C(c1ccc(Cl)c(Cl)c1)[C@H](N)CC(=O)O. The van der Waals surface area contributed by atoms with Crippen molar-refractivity contribution in [2.24, 2.45) is 5.73 Å². The van der Waals surface area contributed by atoms with Gasteiger partial charge in [0.15, 0.2) is 0 Å². The standard InChI is InChI=1S/C15H19Cl2NO4/c1-15(2,3)22-14(21)13(11(18)7-12(19)20)8-4-5-9(16)10(17)6-8/h4-6,11,13H,7,18H2,1-3H3,(H,19,20)/t11-,13?/m1/s1. The molecule has 1 aromatic rings. The van der Waals surface area contributed by atoms with Gasteiger partial charge >= 0.3 is 11.9 Å². The number of ether oxygens (including phenoxy) is 1. The van der Waals surface area contributed by atoms with E-state index in [0.717, 1.165) is 0 Å². The monoisotopic (exact) mass is 347 g/mol. The number of hydrogen-bond donors (Lipinski definition) is 2. The number of esters is 1. The summed E-state index contributed by atoms with van der Waals surface area (Å²) in [5.41, 5.74) is 5.66. The van der Waals surface area contributed by atoms with Crippen molar-refractivity contribution in [1.82, 2.24) is 0 Å². The number of carbonyl (C=O) groups is 2. The first kappa shape index (κ1) is 18.7. The third kappa shape index (κ3) is 5.48. The van der Waals surface area contributed by atoms with Gasteiger partial charge < -0.3 is 15.6 Å². The first-order chi connectivity index (χ1) is 10.0. The van der Waals surface area contributed by atoms with E-state index in [1.807, 2.05) is 0 Å². The van der Waals surface area contributed by atoms with Crippen LogP contribution in [0.2, 0.25) is 10.0 Å². The van der Waals surface area contributed by atoms with Crippen LogP contribution in [-0.4, -0.2) is 28.7 Å². The fraction of sp³-hybridized carbons (Fsp3) is 0.467. The number of carbonyl (C=O) groups excluding carboxylic acids is 1. The molecule has 0 radical (unpaired) electrons. The lowest BCUT2D eigenvalue weighted by molar-refractivity contribution is -0.157. The molecule has 7 heteroatoms. The van der Waals surface area contributed by atoms with Crippen molar-refractivity contribution < 1.29 is 19.4 Å². The molecule has 5 nitrogen and oxygen atoms in total. The third-order valence-corrected chi connectivity index (χ3v) is 3.54. The van der Waals surface area contributed by atoms with Gasteiger partial charge in [0, 0.05) is 6.04 Å². The molecular formula is C15H19Cl2NO4. The Balaban J connectivity index is 3.17. The number of hydrogen-bond acceptors (Lipinski definition) is 4. The lowest BCUT2D eigenvalue weighted by Crippen LogP contribution is -2.39. The van der Waals surface area contributed by atoms with Crippen LogP contribution in [0.5, 0.6) is 0 Å². The minimum atomic E-state index is -1.10. The van der Waals surface area contributed by atoms with Crippen LogP contribution in [0.4, 0.5) is 0 Å². The van der Waals surface area contributed by atoms with Crippen LogP contribution in [0, 0.1) is 0 Å². The van der Waals surface area contributed by atoms with Crippen LogP contribution < -0.4 is 5.73 Å². The molecule has 0 aliphatic heterocycles. The van der Waals surface area contributed by atoms with Gasteiger partial charge in [0.1, 0.15) is 5.60 Å². The molecule has 1 aromatic carbocycles. The van der Waals surface area contributed by atoms with Gasteiger partial charge in [-0.1, -0.05) is 29.3 Å². The van der Waals surface area contributed by atoms with Crippen molar-refractivity contribution in [1.29, 1.82) is 0 Å². The molecule has 0 amide bonds. The van der Waals surface area contributed by atoms with Crippen molar-refractivity contribution in [2.75, 3.05) is 0 Å². The van der Waals surface area contributed by atoms with Crippen LogP contribution >= 0.6 is 23.2 Å². The van der Waals surface area contributed by atoms with Crippen molar-refractivity contribution in [3.63, 3.8) is 0 Å². The van der Waals surface area contributed by atoms with Gasteiger partial charge in [-0.2, -0.15) is 0 Å². The highest BCUT2D eigenvalue weighted by Gasteiger charge is 2.33. The maximum absolute atomic E-state index is 12.4. The van der Waals surface area contributed by atoms with Crippen LogP contribution in [0.1, 0.15) is 38.7 Å². The second-order valence-electron chi connectivity index (χ2n) is 5.95. The molecule has 0 aliphatic carbocycles. The van der Waals surface area contributed by atoms with E-state index in [9.17, 15) is 9.59 Å². The fourth-order valence-electron chi connectivity index (χ4n) is 1.95. The summed E-state index contributed by atoms with van der Waals surface area (Å²) in [7, 11) is 0. The molecule has 0 heterocycles. The molecule has 1 rings (SSSR count). The van der Waals surface area contributed by atoms with Crippen molar-refractivity contribution in [2.45, 2.75) is 44.8 Å². The second kappa shape index (κ2) is 7.31. The molecule has 0 bridgehead atoms. The number of benzene rings is 1. The molecule has 2 atom stereocenters. The zero-order valence-corrected chi connectivity index (χ0v) is 14.1. The number of carboxylic acid groups (broad SMARTS) is 1. The van der Waals surface area contributed by atoms with E-state index >= 15 is 0 Å². The highest BCUT2D eigenvalue weighted by molar-refractivity contribution is 6.42. The van der Waals surface area contributed by atoms with Gasteiger partial charge in [-0.15, -0.1) is 0 Å². The van der Waals surface area contributed by atoms with Crippen molar-refractivity contribution >= 4 is 35.1 Å². The minimum Gasteiger partial charge on any atom is -0.481 e. The molecule has 1 unspecified atom stereocenters. The minimum absolute atomic E-state index is 0.259. The summed E-state index contributed by atoms with van der Waals surface area (Å²) in [6, 6.07) is 3.68. The Labute approximate surface area is 139 Å². The van der Waals surface area contributed by atoms with Crippen LogP contribution in [-0.2, 0) is 14.3 Å². The average Bonchev–Trinajstić information content (AvgIpc) is 2.30. The zero-order chi connectivity index (χ0) is 17.1. The zero-order valence-electron chi connectivity index (χ0n) is 12.6. The van der Waals surface area contributed by atoms with Crippen molar-refractivity contribution in [3.8, 4) is 0 Å². The predicted molar refractivity (Wildman–Crippen MR) is 85.3 cm³/mol. The van der Waals surface area contributed by atoms with Gasteiger partial charge in [0.25, 0.3) is 0 Å².